The topological polar surface area (TPSA) is 75.7 Å². The number of benzene rings is 2. The fourth-order valence-corrected chi connectivity index (χ4v) is 3.38. The van der Waals surface area contributed by atoms with Crippen LogP contribution in [0.5, 0.6) is 5.75 Å². The number of carbonyl (C=O) groups excluding carboxylic acids is 1. The largest absolute Gasteiger partial charge is 0.495 e. The molecule has 0 aliphatic rings. The lowest BCUT2D eigenvalue weighted by Crippen LogP contribution is -2.37. The summed E-state index contributed by atoms with van der Waals surface area (Å²) in [7, 11) is -2.21. The maximum absolute atomic E-state index is 12.5. The summed E-state index contributed by atoms with van der Waals surface area (Å²) < 4.78 is 30.9. The minimum atomic E-state index is -3.68. The fraction of sp³-hybridized carbons (Fsp3) is 0.316. The van der Waals surface area contributed by atoms with Crippen LogP contribution >= 0.6 is 0 Å². The molecule has 0 saturated carbocycles. The van der Waals surface area contributed by atoms with Crippen LogP contribution in [0.15, 0.2) is 36.4 Å². The van der Waals surface area contributed by atoms with Crippen molar-refractivity contribution in [1.29, 1.82) is 0 Å². The summed E-state index contributed by atoms with van der Waals surface area (Å²) in [4.78, 5) is 12.5. The van der Waals surface area contributed by atoms with Crippen LogP contribution in [0.25, 0.3) is 0 Å². The third-order valence-electron chi connectivity index (χ3n) is 4.08. The van der Waals surface area contributed by atoms with Crippen molar-refractivity contribution in [2.45, 2.75) is 20.8 Å². The van der Waals surface area contributed by atoms with Crippen LogP contribution in [0.2, 0.25) is 0 Å². The van der Waals surface area contributed by atoms with Crippen molar-refractivity contribution in [3.8, 4) is 5.75 Å². The van der Waals surface area contributed by atoms with Crippen LogP contribution in [0, 0.1) is 20.8 Å². The first-order valence-corrected chi connectivity index (χ1v) is 9.96. The quantitative estimate of drug-likeness (QED) is 0.841. The Bertz CT molecular complexity index is 923. The van der Waals surface area contributed by atoms with Gasteiger partial charge in [0.15, 0.2) is 0 Å². The van der Waals surface area contributed by atoms with Crippen LogP contribution in [0.4, 0.5) is 11.4 Å². The summed E-state index contributed by atoms with van der Waals surface area (Å²) in [6.45, 7) is 5.44. The minimum Gasteiger partial charge on any atom is -0.495 e. The Morgan fingerprint density at radius 3 is 2.35 bits per heavy atom. The fourth-order valence-electron chi connectivity index (χ4n) is 2.53. The van der Waals surface area contributed by atoms with Crippen molar-refractivity contribution in [1.82, 2.24) is 0 Å². The highest BCUT2D eigenvalue weighted by molar-refractivity contribution is 7.92. The van der Waals surface area contributed by atoms with Crippen LogP contribution in [-0.4, -0.2) is 34.2 Å². The van der Waals surface area contributed by atoms with Gasteiger partial charge < -0.3 is 10.1 Å². The Morgan fingerprint density at radius 1 is 1.08 bits per heavy atom. The number of aryl methyl sites for hydroxylation is 3. The van der Waals surface area contributed by atoms with Gasteiger partial charge in [0.2, 0.25) is 15.9 Å². The van der Waals surface area contributed by atoms with Gasteiger partial charge in [-0.25, -0.2) is 8.42 Å². The number of sulfonamides is 1. The van der Waals surface area contributed by atoms with Gasteiger partial charge in [-0.3, -0.25) is 9.10 Å². The number of nitrogens with zero attached hydrogens (tertiary/aromatic N) is 1. The van der Waals surface area contributed by atoms with E-state index in [1.54, 1.807) is 18.2 Å². The highest BCUT2D eigenvalue weighted by Crippen LogP contribution is 2.31. The summed E-state index contributed by atoms with van der Waals surface area (Å²) in [6.07, 6.45) is 1.07. The van der Waals surface area contributed by atoms with Crippen LogP contribution < -0.4 is 14.4 Å². The Kier molecular flexibility index (Phi) is 5.92. The van der Waals surface area contributed by atoms with Gasteiger partial charge in [-0.2, -0.15) is 0 Å². The van der Waals surface area contributed by atoms with E-state index in [2.05, 4.69) is 5.32 Å². The van der Waals surface area contributed by atoms with Gasteiger partial charge in [-0.15, -0.1) is 0 Å². The number of hydrogen-bond acceptors (Lipinski definition) is 4. The second-order valence-electron chi connectivity index (χ2n) is 6.29. The number of anilines is 2. The van der Waals surface area contributed by atoms with Crippen molar-refractivity contribution >= 4 is 27.3 Å². The first-order valence-electron chi connectivity index (χ1n) is 8.11. The van der Waals surface area contributed by atoms with Gasteiger partial charge in [-0.05, 0) is 61.7 Å². The molecule has 0 saturated heterocycles. The molecule has 0 bridgehead atoms. The van der Waals surface area contributed by atoms with E-state index in [0.717, 1.165) is 27.3 Å². The van der Waals surface area contributed by atoms with E-state index < -0.39 is 15.9 Å². The molecule has 2 aromatic rings. The van der Waals surface area contributed by atoms with E-state index in [1.165, 1.54) is 7.11 Å². The molecule has 2 rings (SSSR count). The average molecular weight is 376 g/mol. The smallest absolute Gasteiger partial charge is 0.245 e. The molecular weight excluding hydrogens is 352 g/mol. The zero-order valence-corrected chi connectivity index (χ0v) is 16.5. The molecule has 0 aromatic heterocycles. The number of nitrogens with one attached hydrogen (secondary N) is 1. The van der Waals surface area contributed by atoms with Gasteiger partial charge in [-0.1, -0.05) is 12.1 Å². The van der Waals surface area contributed by atoms with Crippen LogP contribution in [0.1, 0.15) is 16.7 Å². The lowest BCUT2D eigenvalue weighted by molar-refractivity contribution is -0.114. The van der Waals surface area contributed by atoms with Gasteiger partial charge >= 0.3 is 0 Å². The highest BCUT2D eigenvalue weighted by atomic mass is 32.2. The van der Waals surface area contributed by atoms with E-state index in [1.807, 2.05) is 39.0 Å². The third kappa shape index (κ3) is 4.76. The molecule has 6 nitrogen and oxygen atoms in total. The SMILES string of the molecule is COc1ccc(C)cc1N(CC(=O)Nc1ccc(C)c(C)c1)S(C)(=O)=O. The third-order valence-corrected chi connectivity index (χ3v) is 5.21. The molecule has 0 aliphatic heterocycles. The highest BCUT2D eigenvalue weighted by Gasteiger charge is 2.24. The van der Waals surface area contributed by atoms with E-state index in [0.29, 0.717) is 17.1 Å². The monoisotopic (exact) mass is 376 g/mol. The molecule has 7 heteroatoms. The molecular formula is C19H24N2O4S. The lowest BCUT2D eigenvalue weighted by Gasteiger charge is -2.24. The number of amides is 1. The van der Waals surface area contributed by atoms with Crippen molar-refractivity contribution in [2.24, 2.45) is 0 Å². The molecule has 2 aromatic carbocycles. The summed E-state index contributed by atoms with van der Waals surface area (Å²) in [5.74, 6) is -0.0396. The van der Waals surface area contributed by atoms with E-state index in [9.17, 15) is 13.2 Å². The molecule has 1 amide bonds. The number of rotatable bonds is 6. The van der Waals surface area contributed by atoms with Crippen molar-refractivity contribution in [2.75, 3.05) is 29.5 Å². The van der Waals surface area contributed by atoms with Gasteiger partial charge in [0.1, 0.15) is 12.3 Å². The average Bonchev–Trinajstić information content (AvgIpc) is 2.55. The molecule has 0 fully saturated rings. The van der Waals surface area contributed by atoms with Gasteiger partial charge in [0.05, 0.1) is 19.1 Å². The van der Waals surface area contributed by atoms with Crippen molar-refractivity contribution in [3.05, 3.63) is 53.1 Å². The summed E-state index contributed by atoms with van der Waals surface area (Å²) in [6, 6.07) is 10.7. The second-order valence-corrected chi connectivity index (χ2v) is 8.20. The zero-order chi connectivity index (χ0) is 19.5. The molecule has 26 heavy (non-hydrogen) atoms. The van der Waals surface area contributed by atoms with Crippen molar-refractivity contribution < 1.29 is 17.9 Å². The zero-order valence-electron chi connectivity index (χ0n) is 15.7. The summed E-state index contributed by atoms with van der Waals surface area (Å²) in [5, 5.41) is 2.75. The van der Waals surface area contributed by atoms with E-state index >= 15 is 0 Å². The van der Waals surface area contributed by atoms with Crippen molar-refractivity contribution in [3.63, 3.8) is 0 Å². The Morgan fingerprint density at radius 2 is 1.77 bits per heavy atom. The predicted molar refractivity (Wildman–Crippen MR) is 104 cm³/mol. The minimum absolute atomic E-state index is 0.338. The standard InChI is InChI=1S/C19H24N2O4S/c1-13-6-9-18(25-4)17(10-13)21(26(5,23)24)12-19(22)20-16-8-7-14(2)15(3)11-16/h6-11H,12H2,1-5H3,(H,20,22). The Hall–Kier alpha value is -2.54. The first kappa shape index (κ1) is 19.8. The Balaban J connectivity index is 2.30. The van der Waals surface area contributed by atoms with E-state index in [4.69, 9.17) is 4.74 Å². The van der Waals surface area contributed by atoms with Gasteiger partial charge in [0.25, 0.3) is 0 Å². The number of hydrogen-bond donors (Lipinski definition) is 1. The summed E-state index contributed by atoms with van der Waals surface area (Å²) in [5.41, 5.74) is 3.99. The molecule has 140 valence electrons. The number of carbonyl (C=O) groups is 1. The predicted octanol–water partition coefficient (Wildman–Crippen LogP) is 3.03. The molecule has 0 heterocycles. The molecule has 0 radical (unpaired) electrons. The maximum atomic E-state index is 12.5. The normalized spacial score (nSPS) is 11.1. The van der Waals surface area contributed by atoms with E-state index in [-0.39, 0.29) is 6.54 Å². The molecule has 0 aliphatic carbocycles. The van der Waals surface area contributed by atoms with Crippen LogP contribution in [0.3, 0.4) is 0 Å². The lowest BCUT2D eigenvalue weighted by atomic mass is 10.1. The summed E-state index contributed by atoms with van der Waals surface area (Å²) >= 11 is 0. The second kappa shape index (κ2) is 7.78. The first-order chi connectivity index (χ1) is 12.1. The Labute approximate surface area is 154 Å². The van der Waals surface area contributed by atoms with Gasteiger partial charge in [0, 0.05) is 5.69 Å². The molecule has 0 spiro atoms. The molecule has 0 unspecified atom stereocenters. The number of ether oxygens (including phenoxy) is 1. The molecule has 0 atom stereocenters. The number of methoxy groups -OCH3 is 1. The molecule has 1 N–H and O–H groups in total. The van der Waals surface area contributed by atoms with Crippen LogP contribution in [-0.2, 0) is 14.8 Å². The maximum Gasteiger partial charge on any atom is 0.245 e.